The maximum atomic E-state index is 5.77. The Balaban J connectivity index is 1.87. The topological polar surface area (TPSA) is 37.4 Å². The monoisotopic (exact) mass is 291 g/mol. The second-order valence-corrected chi connectivity index (χ2v) is 7.21. The third-order valence-electron chi connectivity index (χ3n) is 3.59. The SMILES string of the molecule is C[C@@H]1CN(Cc2ccc(CNC(C)(C)C)cn2)C[C@H](C)O1. The number of nitrogens with one attached hydrogen (secondary N) is 1. The van der Waals surface area contributed by atoms with Gasteiger partial charge in [-0.3, -0.25) is 9.88 Å². The number of nitrogens with zero attached hydrogens (tertiary/aromatic N) is 2. The highest BCUT2D eigenvalue weighted by Crippen LogP contribution is 2.13. The van der Waals surface area contributed by atoms with E-state index in [1.165, 1.54) is 5.56 Å². The first kappa shape index (κ1) is 16.4. The van der Waals surface area contributed by atoms with Gasteiger partial charge in [-0.05, 0) is 46.2 Å². The summed E-state index contributed by atoms with van der Waals surface area (Å²) in [5.41, 5.74) is 2.51. The Labute approximate surface area is 128 Å². The number of hydrogen-bond donors (Lipinski definition) is 1. The maximum Gasteiger partial charge on any atom is 0.0678 e. The second kappa shape index (κ2) is 6.86. The van der Waals surface area contributed by atoms with E-state index in [-0.39, 0.29) is 5.54 Å². The molecule has 0 radical (unpaired) electrons. The predicted molar refractivity (Wildman–Crippen MR) is 86.1 cm³/mol. The molecule has 0 unspecified atom stereocenters. The van der Waals surface area contributed by atoms with Crippen molar-refractivity contribution in [1.29, 1.82) is 0 Å². The lowest BCUT2D eigenvalue weighted by atomic mass is 10.1. The Kier molecular flexibility index (Phi) is 5.36. The van der Waals surface area contributed by atoms with Crippen molar-refractivity contribution >= 4 is 0 Å². The van der Waals surface area contributed by atoms with Gasteiger partial charge in [0.2, 0.25) is 0 Å². The van der Waals surface area contributed by atoms with Crippen LogP contribution in [0.1, 0.15) is 45.9 Å². The van der Waals surface area contributed by atoms with E-state index in [0.717, 1.165) is 31.9 Å². The van der Waals surface area contributed by atoms with Crippen LogP contribution in [-0.4, -0.2) is 40.7 Å². The van der Waals surface area contributed by atoms with Gasteiger partial charge in [-0.25, -0.2) is 0 Å². The van der Waals surface area contributed by atoms with Crippen molar-refractivity contribution in [3.8, 4) is 0 Å². The van der Waals surface area contributed by atoms with Crippen LogP contribution in [0.4, 0.5) is 0 Å². The number of hydrogen-bond acceptors (Lipinski definition) is 4. The molecule has 2 heterocycles. The summed E-state index contributed by atoms with van der Waals surface area (Å²) in [6.45, 7) is 14.5. The average Bonchev–Trinajstić information content (AvgIpc) is 2.36. The van der Waals surface area contributed by atoms with Gasteiger partial charge in [-0.15, -0.1) is 0 Å². The summed E-state index contributed by atoms with van der Waals surface area (Å²) >= 11 is 0. The van der Waals surface area contributed by atoms with Crippen molar-refractivity contribution in [1.82, 2.24) is 15.2 Å². The van der Waals surface area contributed by atoms with Crippen LogP contribution in [0.2, 0.25) is 0 Å². The average molecular weight is 291 g/mol. The van der Waals surface area contributed by atoms with E-state index in [2.05, 4.69) is 62.0 Å². The molecule has 1 N–H and O–H groups in total. The van der Waals surface area contributed by atoms with Crippen LogP contribution in [0.25, 0.3) is 0 Å². The van der Waals surface area contributed by atoms with Crippen molar-refractivity contribution < 1.29 is 4.74 Å². The molecule has 0 amide bonds. The minimum Gasteiger partial charge on any atom is -0.373 e. The van der Waals surface area contributed by atoms with Crippen LogP contribution in [-0.2, 0) is 17.8 Å². The zero-order valence-corrected chi connectivity index (χ0v) is 14.0. The minimum atomic E-state index is 0.138. The third-order valence-corrected chi connectivity index (χ3v) is 3.59. The van der Waals surface area contributed by atoms with Crippen molar-refractivity contribution in [2.24, 2.45) is 0 Å². The molecule has 0 bridgehead atoms. The number of ether oxygens (including phenoxy) is 1. The summed E-state index contributed by atoms with van der Waals surface area (Å²) < 4.78 is 5.77. The molecular weight excluding hydrogens is 262 g/mol. The van der Waals surface area contributed by atoms with Gasteiger partial charge in [0.25, 0.3) is 0 Å². The molecule has 2 atom stereocenters. The van der Waals surface area contributed by atoms with Crippen LogP contribution < -0.4 is 5.32 Å². The van der Waals surface area contributed by atoms with E-state index in [1.54, 1.807) is 0 Å². The molecule has 1 saturated heterocycles. The highest BCUT2D eigenvalue weighted by molar-refractivity contribution is 5.14. The molecule has 1 aromatic heterocycles. The Bertz CT molecular complexity index is 428. The lowest BCUT2D eigenvalue weighted by molar-refractivity contribution is -0.0707. The first-order valence-corrected chi connectivity index (χ1v) is 7.88. The van der Waals surface area contributed by atoms with Gasteiger partial charge in [0, 0.05) is 37.9 Å². The summed E-state index contributed by atoms with van der Waals surface area (Å²) in [4.78, 5) is 7.03. The summed E-state index contributed by atoms with van der Waals surface area (Å²) in [5, 5.41) is 3.48. The molecule has 1 aliphatic heterocycles. The standard InChI is InChI=1S/C17H29N3O/c1-13-10-20(11-14(2)21-13)12-16-7-6-15(8-18-16)9-19-17(3,4)5/h6-8,13-14,19H,9-12H2,1-5H3/t13-,14+. The smallest absolute Gasteiger partial charge is 0.0678 e. The molecule has 21 heavy (non-hydrogen) atoms. The van der Waals surface area contributed by atoms with Crippen LogP contribution in [0, 0.1) is 0 Å². The lowest BCUT2D eigenvalue weighted by Crippen LogP contribution is -2.44. The molecule has 4 nitrogen and oxygen atoms in total. The number of aromatic nitrogens is 1. The highest BCUT2D eigenvalue weighted by atomic mass is 16.5. The molecule has 2 rings (SSSR count). The van der Waals surface area contributed by atoms with Gasteiger partial charge < -0.3 is 10.1 Å². The molecule has 4 heteroatoms. The minimum absolute atomic E-state index is 0.138. The maximum absolute atomic E-state index is 5.77. The van der Waals surface area contributed by atoms with E-state index in [4.69, 9.17) is 4.74 Å². The zero-order valence-electron chi connectivity index (χ0n) is 14.0. The Morgan fingerprint density at radius 3 is 2.43 bits per heavy atom. The number of rotatable bonds is 4. The van der Waals surface area contributed by atoms with Crippen LogP contribution >= 0.6 is 0 Å². The van der Waals surface area contributed by atoms with Gasteiger partial charge in [-0.1, -0.05) is 6.07 Å². The van der Waals surface area contributed by atoms with E-state index in [1.807, 2.05) is 6.20 Å². The summed E-state index contributed by atoms with van der Waals surface area (Å²) in [7, 11) is 0. The molecule has 1 aromatic rings. The first-order chi connectivity index (χ1) is 9.82. The fourth-order valence-corrected chi connectivity index (χ4v) is 2.66. The second-order valence-electron chi connectivity index (χ2n) is 7.21. The number of morpholine rings is 1. The summed E-state index contributed by atoms with van der Waals surface area (Å²) in [6, 6.07) is 4.32. The Morgan fingerprint density at radius 1 is 1.24 bits per heavy atom. The van der Waals surface area contributed by atoms with E-state index < -0.39 is 0 Å². The molecule has 118 valence electrons. The van der Waals surface area contributed by atoms with Crippen molar-refractivity contribution in [2.45, 2.75) is 65.5 Å². The van der Waals surface area contributed by atoms with Crippen molar-refractivity contribution in [3.05, 3.63) is 29.6 Å². The van der Waals surface area contributed by atoms with E-state index in [0.29, 0.717) is 12.2 Å². The van der Waals surface area contributed by atoms with Crippen LogP contribution in [0.5, 0.6) is 0 Å². The Hall–Kier alpha value is -0.970. The molecular formula is C17H29N3O. The molecule has 1 fully saturated rings. The third kappa shape index (κ3) is 5.73. The Morgan fingerprint density at radius 2 is 1.90 bits per heavy atom. The van der Waals surface area contributed by atoms with Crippen LogP contribution in [0.3, 0.4) is 0 Å². The zero-order chi connectivity index (χ0) is 15.5. The molecule has 0 saturated carbocycles. The van der Waals surface area contributed by atoms with Gasteiger partial charge in [0.1, 0.15) is 0 Å². The highest BCUT2D eigenvalue weighted by Gasteiger charge is 2.22. The fraction of sp³-hybridized carbons (Fsp3) is 0.706. The van der Waals surface area contributed by atoms with E-state index >= 15 is 0 Å². The molecule has 1 aliphatic rings. The van der Waals surface area contributed by atoms with Crippen LogP contribution in [0.15, 0.2) is 18.3 Å². The number of pyridine rings is 1. The van der Waals surface area contributed by atoms with Crippen molar-refractivity contribution in [3.63, 3.8) is 0 Å². The normalized spacial score (nSPS) is 24.2. The van der Waals surface area contributed by atoms with E-state index in [9.17, 15) is 0 Å². The first-order valence-electron chi connectivity index (χ1n) is 7.88. The fourth-order valence-electron chi connectivity index (χ4n) is 2.66. The summed E-state index contributed by atoms with van der Waals surface area (Å²) in [6.07, 6.45) is 2.61. The molecule has 0 aliphatic carbocycles. The predicted octanol–water partition coefficient (Wildman–Crippen LogP) is 2.58. The largest absolute Gasteiger partial charge is 0.373 e. The quantitative estimate of drug-likeness (QED) is 0.925. The van der Waals surface area contributed by atoms with Gasteiger partial charge in [-0.2, -0.15) is 0 Å². The van der Waals surface area contributed by atoms with Crippen molar-refractivity contribution in [2.75, 3.05) is 13.1 Å². The molecule has 0 spiro atoms. The van der Waals surface area contributed by atoms with Gasteiger partial charge in [0.05, 0.1) is 17.9 Å². The van der Waals surface area contributed by atoms with Gasteiger partial charge >= 0.3 is 0 Å². The molecule has 0 aromatic carbocycles. The van der Waals surface area contributed by atoms with Gasteiger partial charge in [0.15, 0.2) is 0 Å². The summed E-state index contributed by atoms with van der Waals surface area (Å²) in [5.74, 6) is 0. The lowest BCUT2D eigenvalue weighted by Gasteiger charge is -2.35.